The van der Waals surface area contributed by atoms with Gasteiger partial charge in [0, 0.05) is 35.2 Å². The highest BCUT2D eigenvalue weighted by molar-refractivity contribution is 5.58. The molecule has 4 bridgehead atoms. The fourth-order valence-electron chi connectivity index (χ4n) is 6.63. The molecule has 0 unspecified atom stereocenters. The lowest BCUT2D eigenvalue weighted by atomic mass is 10.0. The van der Waals surface area contributed by atoms with E-state index in [9.17, 15) is 0 Å². The maximum atomic E-state index is 2.66. The number of hydrazine groups is 2. The number of anilines is 2. The number of nitrogens with zero attached hydrogens (tertiary/aromatic N) is 4. The van der Waals surface area contributed by atoms with Gasteiger partial charge in [-0.05, 0) is 104 Å². The van der Waals surface area contributed by atoms with E-state index in [1.54, 1.807) is 0 Å². The third-order valence-electron chi connectivity index (χ3n) is 7.36. The Morgan fingerprint density at radius 1 is 0.571 bits per heavy atom. The van der Waals surface area contributed by atoms with Crippen LogP contribution in [0.1, 0.15) is 80.1 Å². The molecule has 0 aromatic heterocycles. The van der Waals surface area contributed by atoms with Crippen LogP contribution in [0.25, 0.3) is 0 Å². The van der Waals surface area contributed by atoms with Crippen LogP contribution in [0.5, 0.6) is 0 Å². The molecule has 1 aromatic rings. The van der Waals surface area contributed by atoms with Crippen LogP contribution in [0, 0.1) is 0 Å². The molecule has 4 aliphatic rings. The molecule has 0 radical (unpaired) electrons. The van der Waals surface area contributed by atoms with Gasteiger partial charge in [-0.25, -0.2) is 10.0 Å². The molecule has 28 heavy (non-hydrogen) atoms. The SMILES string of the molecule is CC(C)(C)N1[C@@H]2CC[C@@H](C2)N1c1ccc(N2[C@@H]3CC[C@@H](C3)N2C(C)(C)C)cc1. The first-order valence-electron chi connectivity index (χ1n) is 11.4. The van der Waals surface area contributed by atoms with E-state index in [1.807, 2.05) is 0 Å². The largest absolute Gasteiger partial charge is 0.302 e. The van der Waals surface area contributed by atoms with E-state index in [2.05, 4.69) is 85.8 Å². The molecule has 2 saturated heterocycles. The van der Waals surface area contributed by atoms with Crippen molar-refractivity contribution in [2.45, 2.75) is 115 Å². The maximum absolute atomic E-state index is 2.66. The Labute approximate surface area is 171 Å². The van der Waals surface area contributed by atoms with Gasteiger partial charge in [0.2, 0.25) is 0 Å². The zero-order valence-electron chi connectivity index (χ0n) is 18.7. The van der Waals surface area contributed by atoms with Crippen molar-refractivity contribution >= 4 is 11.4 Å². The van der Waals surface area contributed by atoms with Gasteiger partial charge in [0.15, 0.2) is 0 Å². The smallest absolute Gasteiger partial charge is 0.0527 e. The van der Waals surface area contributed by atoms with Crippen LogP contribution in [-0.4, -0.2) is 45.3 Å². The molecule has 154 valence electrons. The minimum Gasteiger partial charge on any atom is -0.302 e. The van der Waals surface area contributed by atoms with Crippen LogP contribution in [0.4, 0.5) is 11.4 Å². The molecule has 0 N–H and O–H groups in total. The number of fused-ring (bicyclic) bond motifs is 4. The highest BCUT2D eigenvalue weighted by atomic mass is 15.7. The molecule has 2 heterocycles. The van der Waals surface area contributed by atoms with Crippen LogP contribution in [0.15, 0.2) is 24.3 Å². The van der Waals surface area contributed by atoms with Crippen LogP contribution in [-0.2, 0) is 0 Å². The van der Waals surface area contributed by atoms with E-state index in [4.69, 9.17) is 0 Å². The summed E-state index contributed by atoms with van der Waals surface area (Å²) in [6.07, 6.45) is 8.04. The van der Waals surface area contributed by atoms with Crippen molar-refractivity contribution in [3.8, 4) is 0 Å². The molecule has 2 aliphatic carbocycles. The van der Waals surface area contributed by atoms with Crippen molar-refractivity contribution in [1.82, 2.24) is 10.0 Å². The minimum atomic E-state index is 0.176. The van der Waals surface area contributed by atoms with E-state index in [-0.39, 0.29) is 11.1 Å². The Balaban J connectivity index is 1.43. The van der Waals surface area contributed by atoms with Crippen LogP contribution >= 0.6 is 0 Å². The summed E-state index contributed by atoms with van der Waals surface area (Å²) in [5.41, 5.74) is 3.10. The predicted octanol–water partition coefficient (Wildman–Crippen LogP) is 5.20. The monoisotopic (exact) mass is 382 g/mol. The second-order valence-electron chi connectivity index (χ2n) is 11.5. The normalized spacial score (nSPS) is 33.5. The van der Waals surface area contributed by atoms with Crippen molar-refractivity contribution in [3.63, 3.8) is 0 Å². The van der Waals surface area contributed by atoms with Crippen molar-refractivity contribution in [2.75, 3.05) is 10.0 Å². The summed E-state index contributed by atoms with van der Waals surface area (Å²) in [4.78, 5) is 0. The Kier molecular flexibility index (Phi) is 4.10. The molecule has 2 saturated carbocycles. The van der Waals surface area contributed by atoms with Crippen molar-refractivity contribution in [3.05, 3.63) is 24.3 Å². The number of rotatable bonds is 2. The lowest BCUT2D eigenvalue weighted by Crippen LogP contribution is -2.56. The molecule has 4 heteroatoms. The molecule has 4 atom stereocenters. The van der Waals surface area contributed by atoms with E-state index < -0.39 is 0 Å². The maximum Gasteiger partial charge on any atom is 0.0527 e. The molecule has 0 spiro atoms. The third-order valence-corrected chi connectivity index (χ3v) is 7.36. The summed E-state index contributed by atoms with van der Waals surface area (Å²) in [6, 6.07) is 12.3. The quantitative estimate of drug-likeness (QED) is 0.697. The Bertz CT molecular complexity index is 665. The van der Waals surface area contributed by atoms with E-state index in [0.717, 1.165) is 12.1 Å². The van der Waals surface area contributed by atoms with Gasteiger partial charge in [-0.2, -0.15) is 0 Å². The van der Waals surface area contributed by atoms with Crippen molar-refractivity contribution in [2.24, 2.45) is 0 Å². The fraction of sp³-hybridized carbons (Fsp3) is 0.750. The summed E-state index contributed by atoms with van der Waals surface area (Å²) in [7, 11) is 0. The van der Waals surface area contributed by atoms with E-state index in [1.165, 1.54) is 49.9 Å². The van der Waals surface area contributed by atoms with Crippen molar-refractivity contribution in [1.29, 1.82) is 0 Å². The van der Waals surface area contributed by atoms with Gasteiger partial charge in [-0.15, -0.1) is 0 Å². The van der Waals surface area contributed by atoms with Crippen molar-refractivity contribution < 1.29 is 0 Å². The second-order valence-corrected chi connectivity index (χ2v) is 11.5. The molecule has 2 aliphatic heterocycles. The van der Waals surface area contributed by atoms with Gasteiger partial charge in [0.25, 0.3) is 0 Å². The van der Waals surface area contributed by atoms with Gasteiger partial charge >= 0.3 is 0 Å². The third kappa shape index (κ3) is 2.79. The average molecular weight is 383 g/mol. The molecular formula is C24H38N4. The topological polar surface area (TPSA) is 13.0 Å². The minimum absolute atomic E-state index is 0.176. The van der Waals surface area contributed by atoms with Crippen LogP contribution < -0.4 is 10.0 Å². The lowest BCUT2D eigenvalue weighted by molar-refractivity contribution is 0.0830. The number of hydrogen-bond acceptors (Lipinski definition) is 4. The molecule has 4 nitrogen and oxygen atoms in total. The zero-order valence-corrected chi connectivity index (χ0v) is 18.7. The Morgan fingerprint density at radius 3 is 1.21 bits per heavy atom. The summed E-state index contributed by atoms with van der Waals surface area (Å²) in [5, 5.41) is 10.6. The summed E-state index contributed by atoms with van der Waals surface area (Å²) < 4.78 is 0. The Hall–Kier alpha value is -1.26. The molecule has 1 aromatic carbocycles. The second kappa shape index (κ2) is 6.12. The molecule has 5 rings (SSSR count). The summed E-state index contributed by atoms with van der Waals surface area (Å²) >= 11 is 0. The molecule has 0 amide bonds. The van der Waals surface area contributed by atoms with E-state index >= 15 is 0 Å². The highest BCUT2D eigenvalue weighted by Gasteiger charge is 2.50. The zero-order chi connectivity index (χ0) is 19.8. The molecule has 4 fully saturated rings. The lowest BCUT2D eigenvalue weighted by Gasteiger charge is -2.48. The highest BCUT2D eigenvalue weighted by Crippen LogP contribution is 2.47. The number of benzene rings is 1. The fourth-order valence-corrected chi connectivity index (χ4v) is 6.63. The van der Waals surface area contributed by atoms with Gasteiger partial charge < -0.3 is 10.0 Å². The van der Waals surface area contributed by atoms with Gasteiger partial charge in [0.05, 0.1) is 11.4 Å². The predicted molar refractivity (Wildman–Crippen MR) is 117 cm³/mol. The number of hydrogen-bond donors (Lipinski definition) is 0. The van der Waals surface area contributed by atoms with Gasteiger partial charge in [-0.3, -0.25) is 0 Å². The van der Waals surface area contributed by atoms with Crippen LogP contribution in [0.3, 0.4) is 0 Å². The van der Waals surface area contributed by atoms with Gasteiger partial charge in [0.1, 0.15) is 0 Å². The van der Waals surface area contributed by atoms with E-state index in [0.29, 0.717) is 12.1 Å². The van der Waals surface area contributed by atoms with Gasteiger partial charge in [-0.1, -0.05) is 0 Å². The standard InChI is InChI=1S/C24H38N4/c1-23(2,3)27-21-13-11-19(15-21)25(27)17-7-9-18(10-8-17)26-20-12-14-22(16-20)28(26)24(4,5)6/h7-10,19-22H,11-16H2,1-6H3/t19-,20+,21+,22-. The first-order chi connectivity index (χ1) is 13.1. The molecular weight excluding hydrogens is 344 g/mol. The first-order valence-corrected chi connectivity index (χ1v) is 11.4. The summed E-state index contributed by atoms with van der Waals surface area (Å²) in [5.74, 6) is 0. The van der Waals surface area contributed by atoms with Crippen LogP contribution in [0.2, 0.25) is 0 Å². The summed E-state index contributed by atoms with van der Waals surface area (Å²) in [6.45, 7) is 14.2. The average Bonchev–Trinajstić information content (AvgIpc) is 3.38. The first kappa shape index (κ1) is 18.7. The Morgan fingerprint density at radius 2 is 0.893 bits per heavy atom.